The van der Waals surface area contributed by atoms with Gasteiger partial charge in [-0.05, 0) is 24.6 Å². The molecule has 4 nitrogen and oxygen atoms in total. The molecule has 17 heavy (non-hydrogen) atoms. The zero-order valence-corrected chi connectivity index (χ0v) is 9.87. The van der Waals surface area contributed by atoms with Crippen molar-refractivity contribution in [3.05, 3.63) is 34.9 Å². The minimum absolute atomic E-state index is 0.427. The van der Waals surface area contributed by atoms with Crippen LogP contribution in [0.1, 0.15) is 21.5 Å². The summed E-state index contributed by atoms with van der Waals surface area (Å²) in [7, 11) is 2.57. The predicted molar refractivity (Wildman–Crippen MR) is 61.4 cm³/mol. The molecule has 0 unspecified atom stereocenters. The Morgan fingerprint density at radius 2 is 1.88 bits per heavy atom. The van der Waals surface area contributed by atoms with Crippen molar-refractivity contribution in [2.45, 2.75) is 6.92 Å². The van der Waals surface area contributed by atoms with Gasteiger partial charge in [0.25, 0.3) is 0 Å². The quantitative estimate of drug-likeness (QED) is 0.541. The Labute approximate surface area is 99.5 Å². The van der Waals surface area contributed by atoms with E-state index in [0.29, 0.717) is 16.7 Å². The topological polar surface area (TPSA) is 52.6 Å². The summed E-state index contributed by atoms with van der Waals surface area (Å²) < 4.78 is 9.05. The van der Waals surface area contributed by atoms with E-state index in [4.69, 9.17) is 0 Å². The average molecular weight is 232 g/mol. The maximum Gasteiger partial charge on any atom is 0.384 e. The number of carbonyl (C=O) groups is 2. The number of hydrogen-bond acceptors (Lipinski definition) is 4. The van der Waals surface area contributed by atoms with Crippen molar-refractivity contribution in [3.8, 4) is 11.8 Å². The van der Waals surface area contributed by atoms with Crippen LogP contribution in [-0.2, 0) is 14.3 Å². The summed E-state index contributed by atoms with van der Waals surface area (Å²) in [6.07, 6.45) is 0. The lowest BCUT2D eigenvalue weighted by Gasteiger charge is -2.04. The predicted octanol–water partition coefficient (Wildman–Crippen LogP) is 1.31. The van der Waals surface area contributed by atoms with Crippen LogP contribution in [-0.4, -0.2) is 26.2 Å². The van der Waals surface area contributed by atoms with Gasteiger partial charge in [-0.1, -0.05) is 12.0 Å². The third-order valence-corrected chi connectivity index (χ3v) is 2.22. The molecular weight excluding hydrogens is 220 g/mol. The molecule has 88 valence electrons. The van der Waals surface area contributed by atoms with Crippen molar-refractivity contribution in [3.63, 3.8) is 0 Å². The van der Waals surface area contributed by atoms with E-state index in [1.54, 1.807) is 25.1 Å². The van der Waals surface area contributed by atoms with Gasteiger partial charge in [0.15, 0.2) is 0 Å². The number of hydrogen-bond donors (Lipinski definition) is 0. The highest BCUT2D eigenvalue weighted by Crippen LogP contribution is 2.13. The summed E-state index contributed by atoms with van der Waals surface area (Å²) in [5, 5.41) is 0. The molecule has 0 atom stereocenters. The van der Waals surface area contributed by atoms with Gasteiger partial charge in [0.05, 0.1) is 19.8 Å². The molecule has 0 N–H and O–H groups in total. The summed E-state index contributed by atoms with van der Waals surface area (Å²) >= 11 is 0. The van der Waals surface area contributed by atoms with Crippen LogP contribution in [0.3, 0.4) is 0 Å². The molecule has 0 saturated carbocycles. The fourth-order valence-corrected chi connectivity index (χ4v) is 1.27. The molecule has 0 aliphatic heterocycles. The highest BCUT2D eigenvalue weighted by molar-refractivity contribution is 5.92. The summed E-state index contributed by atoms with van der Waals surface area (Å²) in [6.45, 7) is 1.74. The van der Waals surface area contributed by atoms with Crippen LogP contribution in [0.25, 0.3) is 0 Å². The van der Waals surface area contributed by atoms with Gasteiger partial charge in [0.2, 0.25) is 0 Å². The maximum absolute atomic E-state index is 11.4. The van der Waals surface area contributed by atoms with E-state index in [2.05, 4.69) is 21.3 Å². The lowest BCUT2D eigenvalue weighted by molar-refractivity contribution is -0.133. The first-order valence-electron chi connectivity index (χ1n) is 4.88. The van der Waals surface area contributed by atoms with Gasteiger partial charge >= 0.3 is 11.9 Å². The molecule has 1 rings (SSSR count). The molecule has 0 radical (unpaired) electrons. The van der Waals surface area contributed by atoms with E-state index >= 15 is 0 Å². The van der Waals surface area contributed by atoms with E-state index in [1.807, 2.05) is 0 Å². The minimum Gasteiger partial charge on any atom is -0.465 e. The standard InChI is InChI=1S/C13H12O4/c1-9-10(7-8-12(14)16-2)5-4-6-11(9)13(15)17-3/h4-6H,1-3H3. The summed E-state index contributed by atoms with van der Waals surface area (Å²) in [6, 6.07) is 5.04. The van der Waals surface area contributed by atoms with E-state index in [0.717, 1.165) is 0 Å². The molecule has 1 aromatic carbocycles. The number of methoxy groups -OCH3 is 2. The third-order valence-electron chi connectivity index (χ3n) is 2.22. The Bertz CT molecular complexity index is 506. The highest BCUT2D eigenvalue weighted by Gasteiger charge is 2.10. The van der Waals surface area contributed by atoms with Gasteiger partial charge in [-0.2, -0.15) is 0 Å². The van der Waals surface area contributed by atoms with Crippen LogP contribution in [0.15, 0.2) is 18.2 Å². The Balaban J connectivity index is 3.14. The number of rotatable bonds is 1. The van der Waals surface area contributed by atoms with Crippen LogP contribution >= 0.6 is 0 Å². The van der Waals surface area contributed by atoms with Gasteiger partial charge in [0, 0.05) is 11.5 Å². The van der Waals surface area contributed by atoms with E-state index in [9.17, 15) is 9.59 Å². The molecule has 0 saturated heterocycles. The molecular formula is C13H12O4. The van der Waals surface area contributed by atoms with Gasteiger partial charge in [0.1, 0.15) is 0 Å². The molecule has 0 amide bonds. The van der Waals surface area contributed by atoms with Gasteiger partial charge < -0.3 is 9.47 Å². The van der Waals surface area contributed by atoms with Crippen LogP contribution in [0, 0.1) is 18.8 Å². The van der Waals surface area contributed by atoms with Crippen LogP contribution in [0.5, 0.6) is 0 Å². The summed E-state index contributed by atoms with van der Waals surface area (Å²) in [5.74, 6) is 3.92. The molecule has 0 spiro atoms. The lowest BCUT2D eigenvalue weighted by Crippen LogP contribution is -2.05. The lowest BCUT2D eigenvalue weighted by atomic mass is 10.0. The largest absolute Gasteiger partial charge is 0.465 e. The molecule has 0 bridgehead atoms. The summed E-state index contributed by atoms with van der Waals surface area (Å²) in [4.78, 5) is 22.3. The molecule has 0 heterocycles. The molecule has 0 aliphatic rings. The van der Waals surface area contributed by atoms with Gasteiger partial charge in [-0.25, -0.2) is 9.59 Å². The molecule has 1 aromatic rings. The number of benzene rings is 1. The first kappa shape index (κ1) is 12.8. The van der Waals surface area contributed by atoms with Crippen molar-refractivity contribution in [1.29, 1.82) is 0 Å². The van der Waals surface area contributed by atoms with E-state index in [-0.39, 0.29) is 0 Å². The van der Waals surface area contributed by atoms with Crippen LogP contribution < -0.4 is 0 Å². The second-order valence-corrected chi connectivity index (χ2v) is 3.21. The zero-order valence-electron chi connectivity index (χ0n) is 9.87. The van der Waals surface area contributed by atoms with E-state index < -0.39 is 11.9 Å². The number of carbonyl (C=O) groups excluding carboxylic acids is 2. The summed E-state index contributed by atoms with van der Waals surface area (Å²) in [5.41, 5.74) is 1.71. The van der Waals surface area contributed by atoms with Crippen LogP contribution in [0.4, 0.5) is 0 Å². The fourth-order valence-electron chi connectivity index (χ4n) is 1.27. The average Bonchev–Trinajstić information content (AvgIpc) is 2.36. The van der Waals surface area contributed by atoms with Gasteiger partial charge in [-0.3, -0.25) is 0 Å². The Hall–Kier alpha value is -2.28. The van der Waals surface area contributed by atoms with Crippen LogP contribution in [0.2, 0.25) is 0 Å². The molecule has 0 aromatic heterocycles. The minimum atomic E-state index is -0.618. The first-order valence-corrected chi connectivity index (χ1v) is 4.88. The number of esters is 2. The zero-order chi connectivity index (χ0) is 12.8. The number of ether oxygens (including phenoxy) is 2. The SMILES string of the molecule is COC(=O)C#Cc1cccc(C(=O)OC)c1C. The first-order chi connectivity index (χ1) is 8.10. The smallest absolute Gasteiger partial charge is 0.384 e. The third kappa shape index (κ3) is 3.08. The Kier molecular flexibility index (Phi) is 4.29. The monoisotopic (exact) mass is 232 g/mol. The maximum atomic E-state index is 11.4. The van der Waals surface area contributed by atoms with Crippen molar-refractivity contribution in [1.82, 2.24) is 0 Å². The van der Waals surface area contributed by atoms with Gasteiger partial charge in [-0.15, -0.1) is 0 Å². The molecule has 0 fully saturated rings. The molecule has 0 aliphatic carbocycles. The fraction of sp³-hybridized carbons (Fsp3) is 0.231. The normalized spacial score (nSPS) is 8.88. The Morgan fingerprint density at radius 3 is 2.47 bits per heavy atom. The second-order valence-electron chi connectivity index (χ2n) is 3.21. The van der Waals surface area contributed by atoms with Crippen molar-refractivity contribution < 1.29 is 19.1 Å². The van der Waals surface area contributed by atoms with Crippen molar-refractivity contribution >= 4 is 11.9 Å². The Morgan fingerprint density at radius 1 is 1.18 bits per heavy atom. The van der Waals surface area contributed by atoms with E-state index in [1.165, 1.54) is 14.2 Å². The van der Waals surface area contributed by atoms with Crippen molar-refractivity contribution in [2.24, 2.45) is 0 Å². The highest BCUT2D eigenvalue weighted by atomic mass is 16.5. The molecule has 4 heteroatoms. The second kappa shape index (κ2) is 5.71. The van der Waals surface area contributed by atoms with Crippen molar-refractivity contribution in [2.75, 3.05) is 14.2 Å².